The molecule has 3 N–H and O–H groups in total. The normalized spacial score (nSPS) is 20.8. The number of nitrogens with two attached hydrogens (primary N) is 1. The molecule has 0 bridgehead atoms. The number of nitrogens with one attached hydrogen (secondary N) is 1. The molecule has 1 aromatic carbocycles. The molecule has 1 fully saturated rings. The molecule has 1 aromatic rings. The van der Waals surface area contributed by atoms with Gasteiger partial charge in [0.05, 0.1) is 6.54 Å². The molecule has 1 saturated heterocycles. The fourth-order valence-electron chi connectivity index (χ4n) is 2.84. The van der Waals surface area contributed by atoms with Crippen molar-refractivity contribution in [1.29, 1.82) is 0 Å². The van der Waals surface area contributed by atoms with Gasteiger partial charge in [0.25, 0.3) is 0 Å². The number of hydrogen-bond donors (Lipinski definition) is 2. The summed E-state index contributed by atoms with van der Waals surface area (Å²) >= 11 is 0. The van der Waals surface area contributed by atoms with E-state index in [9.17, 15) is 14.0 Å². The molecular formula is C16H23FN4O2. The lowest BCUT2D eigenvalue weighted by Crippen LogP contribution is -2.47. The van der Waals surface area contributed by atoms with Crippen LogP contribution in [0.2, 0.25) is 0 Å². The summed E-state index contributed by atoms with van der Waals surface area (Å²) in [5, 5.41) is 2.57. The molecule has 2 rings (SSSR count). The van der Waals surface area contributed by atoms with E-state index in [0.717, 1.165) is 5.56 Å². The molecule has 0 unspecified atom stereocenters. The summed E-state index contributed by atoms with van der Waals surface area (Å²) in [4.78, 5) is 27.7. The van der Waals surface area contributed by atoms with Crippen LogP contribution in [-0.4, -0.2) is 60.9 Å². The third kappa shape index (κ3) is 4.49. The highest BCUT2D eigenvalue weighted by atomic mass is 19.1. The average molecular weight is 322 g/mol. The van der Waals surface area contributed by atoms with Gasteiger partial charge < -0.3 is 16.0 Å². The van der Waals surface area contributed by atoms with Crippen LogP contribution >= 0.6 is 0 Å². The maximum atomic E-state index is 12.9. The molecule has 0 aromatic heterocycles. The summed E-state index contributed by atoms with van der Waals surface area (Å²) < 4.78 is 12.9. The first-order chi connectivity index (χ1) is 10.9. The zero-order chi connectivity index (χ0) is 17.0. The lowest BCUT2D eigenvalue weighted by Gasteiger charge is -2.26. The van der Waals surface area contributed by atoms with Crippen LogP contribution in [0.5, 0.6) is 0 Å². The van der Waals surface area contributed by atoms with Crippen molar-refractivity contribution in [2.75, 3.05) is 27.2 Å². The molecule has 1 aliphatic heterocycles. The van der Waals surface area contributed by atoms with Crippen molar-refractivity contribution in [3.05, 3.63) is 35.6 Å². The Morgan fingerprint density at radius 1 is 1.39 bits per heavy atom. The van der Waals surface area contributed by atoms with E-state index in [4.69, 9.17) is 5.73 Å². The van der Waals surface area contributed by atoms with Crippen molar-refractivity contribution in [1.82, 2.24) is 15.1 Å². The molecule has 1 aliphatic rings. The Morgan fingerprint density at radius 3 is 2.65 bits per heavy atom. The van der Waals surface area contributed by atoms with Crippen LogP contribution in [0.3, 0.4) is 0 Å². The van der Waals surface area contributed by atoms with Gasteiger partial charge in [-0.15, -0.1) is 0 Å². The first-order valence-electron chi connectivity index (χ1n) is 7.60. The number of halogens is 1. The molecule has 7 heteroatoms. The summed E-state index contributed by atoms with van der Waals surface area (Å²) in [5.41, 5.74) is 6.81. The molecule has 23 heavy (non-hydrogen) atoms. The minimum atomic E-state index is -0.498. The third-order valence-corrected chi connectivity index (χ3v) is 3.97. The minimum Gasteiger partial charge on any atom is -0.357 e. The monoisotopic (exact) mass is 322 g/mol. The number of likely N-dealkylation sites (tertiary alicyclic amines) is 1. The number of likely N-dealkylation sites (N-methyl/N-ethyl adjacent to an activating group) is 2. The van der Waals surface area contributed by atoms with Crippen LogP contribution in [-0.2, 0) is 16.1 Å². The Hall–Kier alpha value is -1.99. The number of rotatable bonds is 5. The second kappa shape index (κ2) is 7.52. The minimum absolute atomic E-state index is 0.129. The molecule has 0 radical (unpaired) electrons. The fraction of sp³-hybridized carbons (Fsp3) is 0.500. The fourth-order valence-corrected chi connectivity index (χ4v) is 2.84. The van der Waals surface area contributed by atoms with E-state index in [1.54, 1.807) is 24.1 Å². The van der Waals surface area contributed by atoms with Crippen molar-refractivity contribution in [2.24, 2.45) is 5.73 Å². The van der Waals surface area contributed by atoms with Crippen LogP contribution in [0, 0.1) is 5.82 Å². The first-order valence-corrected chi connectivity index (χ1v) is 7.60. The summed E-state index contributed by atoms with van der Waals surface area (Å²) in [7, 11) is 3.36. The number of benzene rings is 1. The van der Waals surface area contributed by atoms with Crippen LogP contribution in [0.1, 0.15) is 12.0 Å². The molecule has 0 saturated carbocycles. The smallest absolute Gasteiger partial charge is 0.242 e. The predicted octanol–water partition coefficient (Wildman–Crippen LogP) is -0.0683. The van der Waals surface area contributed by atoms with Gasteiger partial charge in [-0.1, -0.05) is 12.1 Å². The van der Waals surface area contributed by atoms with Gasteiger partial charge in [0.1, 0.15) is 11.9 Å². The van der Waals surface area contributed by atoms with Gasteiger partial charge in [-0.3, -0.25) is 14.5 Å². The zero-order valence-electron chi connectivity index (χ0n) is 13.5. The molecule has 6 nitrogen and oxygen atoms in total. The molecule has 2 amide bonds. The highest BCUT2D eigenvalue weighted by Crippen LogP contribution is 2.17. The quantitative estimate of drug-likeness (QED) is 0.795. The van der Waals surface area contributed by atoms with E-state index in [2.05, 4.69) is 5.32 Å². The van der Waals surface area contributed by atoms with Crippen molar-refractivity contribution >= 4 is 11.8 Å². The van der Waals surface area contributed by atoms with Crippen molar-refractivity contribution in [3.63, 3.8) is 0 Å². The van der Waals surface area contributed by atoms with E-state index < -0.39 is 6.04 Å². The predicted molar refractivity (Wildman–Crippen MR) is 84.9 cm³/mol. The summed E-state index contributed by atoms with van der Waals surface area (Å²) in [6, 6.07) is 5.49. The SMILES string of the molecule is CNC(=O)[C@@H]1C[C@H](N)CN1C(=O)CN(C)Cc1ccc(F)cc1. The lowest BCUT2D eigenvalue weighted by atomic mass is 10.1. The summed E-state index contributed by atoms with van der Waals surface area (Å²) in [6.07, 6.45) is 0.479. The van der Waals surface area contributed by atoms with E-state index in [1.165, 1.54) is 12.1 Å². The van der Waals surface area contributed by atoms with E-state index in [0.29, 0.717) is 19.5 Å². The van der Waals surface area contributed by atoms with Crippen LogP contribution in [0.15, 0.2) is 24.3 Å². The van der Waals surface area contributed by atoms with Crippen molar-refractivity contribution < 1.29 is 14.0 Å². The van der Waals surface area contributed by atoms with E-state index >= 15 is 0 Å². The van der Waals surface area contributed by atoms with Gasteiger partial charge in [0.2, 0.25) is 11.8 Å². The molecular weight excluding hydrogens is 299 g/mol. The second-order valence-corrected chi connectivity index (χ2v) is 5.97. The molecule has 0 spiro atoms. The Morgan fingerprint density at radius 2 is 2.04 bits per heavy atom. The van der Waals surface area contributed by atoms with E-state index in [1.807, 2.05) is 11.9 Å². The topological polar surface area (TPSA) is 78.7 Å². The van der Waals surface area contributed by atoms with Crippen molar-refractivity contribution in [2.45, 2.75) is 25.0 Å². The molecule has 0 aliphatic carbocycles. The Bertz CT molecular complexity index is 564. The van der Waals surface area contributed by atoms with Gasteiger partial charge in [-0.2, -0.15) is 0 Å². The number of amides is 2. The Labute approximate surface area is 135 Å². The van der Waals surface area contributed by atoms with Crippen LogP contribution in [0.25, 0.3) is 0 Å². The number of nitrogens with zero attached hydrogens (tertiary/aromatic N) is 2. The highest BCUT2D eigenvalue weighted by Gasteiger charge is 2.37. The zero-order valence-corrected chi connectivity index (χ0v) is 13.5. The largest absolute Gasteiger partial charge is 0.357 e. The van der Waals surface area contributed by atoms with Crippen molar-refractivity contribution in [3.8, 4) is 0 Å². The Balaban J connectivity index is 1.94. The van der Waals surface area contributed by atoms with Gasteiger partial charge in [0, 0.05) is 26.2 Å². The summed E-state index contributed by atoms with van der Waals surface area (Å²) in [5.74, 6) is -0.601. The van der Waals surface area contributed by atoms with Gasteiger partial charge in [-0.05, 0) is 31.2 Å². The van der Waals surface area contributed by atoms with E-state index in [-0.39, 0.29) is 30.2 Å². The first kappa shape index (κ1) is 17.4. The molecule has 2 atom stereocenters. The lowest BCUT2D eigenvalue weighted by molar-refractivity contribution is -0.139. The van der Waals surface area contributed by atoms with Gasteiger partial charge >= 0.3 is 0 Å². The van der Waals surface area contributed by atoms with Crippen LogP contribution in [0.4, 0.5) is 4.39 Å². The molecule has 126 valence electrons. The highest BCUT2D eigenvalue weighted by molar-refractivity contribution is 5.89. The summed E-state index contributed by atoms with van der Waals surface area (Å²) in [6.45, 7) is 1.09. The average Bonchev–Trinajstić information content (AvgIpc) is 2.91. The second-order valence-electron chi connectivity index (χ2n) is 5.97. The van der Waals surface area contributed by atoms with Crippen LogP contribution < -0.4 is 11.1 Å². The maximum absolute atomic E-state index is 12.9. The van der Waals surface area contributed by atoms with Gasteiger partial charge in [-0.25, -0.2) is 4.39 Å². The number of hydrogen-bond acceptors (Lipinski definition) is 4. The number of carbonyl (C=O) groups is 2. The number of carbonyl (C=O) groups excluding carboxylic acids is 2. The maximum Gasteiger partial charge on any atom is 0.242 e. The standard InChI is InChI=1S/C16H23FN4O2/c1-19-16(23)14-7-13(18)9-21(14)15(22)10-20(2)8-11-3-5-12(17)6-4-11/h3-6,13-14H,7-10,18H2,1-2H3,(H,19,23)/t13-,14-/m0/s1. The molecule has 1 heterocycles. The van der Waals surface area contributed by atoms with Gasteiger partial charge in [0.15, 0.2) is 0 Å². The third-order valence-electron chi connectivity index (χ3n) is 3.97. The Kier molecular flexibility index (Phi) is 5.68.